The minimum absolute atomic E-state index is 0.0851. The summed E-state index contributed by atoms with van der Waals surface area (Å²) in [5.41, 5.74) is -0.778. The third-order valence-corrected chi connectivity index (χ3v) is 3.62. The predicted octanol–water partition coefficient (Wildman–Crippen LogP) is 2.50. The molecule has 1 aliphatic rings. The third-order valence-electron chi connectivity index (χ3n) is 3.62. The van der Waals surface area contributed by atoms with Crippen molar-refractivity contribution in [2.75, 3.05) is 13.7 Å². The molecule has 0 amide bonds. The molecular weight excluding hydrogens is 328 g/mol. The van der Waals surface area contributed by atoms with Gasteiger partial charge in [0.25, 0.3) is 11.2 Å². The molecule has 1 aliphatic heterocycles. The van der Waals surface area contributed by atoms with Gasteiger partial charge in [-0.15, -0.1) is 0 Å². The number of nitro benzene ring substituents is 1. The van der Waals surface area contributed by atoms with Crippen molar-refractivity contribution in [3.63, 3.8) is 0 Å². The second kappa shape index (κ2) is 6.40. The standard InChI is InChI=1S/C17H16N2O6/c1-17(10-23-2)9-15(24-12-5-6-18-16(20)8-12)13-7-11(19(21)22)3-4-14(13)25-17/h3-9H,10H2,1-2H3,(H,18,20). The summed E-state index contributed by atoms with van der Waals surface area (Å²) < 4.78 is 16.9. The Morgan fingerprint density at radius 3 is 2.80 bits per heavy atom. The molecule has 8 heteroatoms. The first-order chi connectivity index (χ1) is 11.9. The molecule has 2 heterocycles. The minimum atomic E-state index is -0.811. The van der Waals surface area contributed by atoms with Gasteiger partial charge in [-0.05, 0) is 19.1 Å². The fourth-order valence-corrected chi connectivity index (χ4v) is 2.61. The molecule has 130 valence electrons. The van der Waals surface area contributed by atoms with Gasteiger partial charge >= 0.3 is 0 Å². The molecule has 1 atom stereocenters. The summed E-state index contributed by atoms with van der Waals surface area (Å²) in [5, 5.41) is 11.1. The van der Waals surface area contributed by atoms with Gasteiger partial charge in [-0.25, -0.2) is 0 Å². The number of non-ortho nitro benzene ring substituents is 1. The van der Waals surface area contributed by atoms with Crippen molar-refractivity contribution in [2.45, 2.75) is 12.5 Å². The topological polar surface area (TPSA) is 104 Å². The maximum atomic E-state index is 11.5. The van der Waals surface area contributed by atoms with E-state index in [0.717, 1.165) is 0 Å². The molecular formula is C17H16N2O6. The lowest BCUT2D eigenvalue weighted by molar-refractivity contribution is -0.384. The molecule has 3 rings (SSSR count). The third kappa shape index (κ3) is 3.53. The molecule has 0 bridgehead atoms. The van der Waals surface area contributed by atoms with Crippen molar-refractivity contribution in [1.29, 1.82) is 0 Å². The van der Waals surface area contributed by atoms with Gasteiger partial charge in [0.15, 0.2) is 5.60 Å². The van der Waals surface area contributed by atoms with E-state index in [2.05, 4.69) is 4.98 Å². The summed E-state index contributed by atoms with van der Waals surface area (Å²) >= 11 is 0. The largest absolute Gasteiger partial charge is 0.480 e. The van der Waals surface area contributed by atoms with E-state index >= 15 is 0 Å². The van der Waals surface area contributed by atoms with Crippen LogP contribution in [0.5, 0.6) is 11.5 Å². The lowest BCUT2D eigenvalue weighted by atomic mass is 9.99. The number of hydrogen-bond acceptors (Lipinski definition) is 6. The van der Waals surface area contributed by atoms with Crippen LogP contribution < -0.4 is 15.0 Å². The van der Waals surface area contributed by atoms with Gasteiger partial charge in [0, 0.05) is 37.6 Å². The second-order valence-electron chi connectivity index (χ2n) is 5.78. The fourth-order valence-electron chi connectivity index (χ4n) is 2.61. The molecule has 8 nitrogen and oxygen atoms in total. The highest BCUT2D eigenvalue weighted by atomic mass is 16.6. The van der Waals surface area contributed by atoms with E-state index in [0.29, 0.717) is 22.8 Å². The fraction of sp³-hybridized carbons (Fsp3) is 0.235. The van der Waals surface area contributed by atoms with Gasteiger partial charge in [0.2, 0.25) is 0 Å². The van der Waals surface area contributed by atoms with Crippen LogP contribution in [0.15, 0.2) is 47.4 Å². The zero-order chi connectivity index (χ0) is 18.0. The average Bonchev–Trinajstić information content (AvgIpc) is 2.54. The highest BCUT2D eigenvalue weighted by molar-refractivity contribution is 5.72. The summed E-state index contributed by atoms with van der Waals surface area (Å²) in [5.74, 6) is 1.11. The molecule has 1 N–H and O–H groups in total. The Morgan fingerprint density at radius 2 is 2.12 bits per heavy atom. The number of fused-ring (bicyclic) bond motifs is 1. The number of pyridine rings is 1. The molecule has 0 fully saturated rings. The maximum Gasteiger partial charge on any atom is 0.270 e. The van der Waals surface area contributed by atoms with E-state index in [9.17, 15) is 14.9 Å². The van der Waals surface area contributed by atoms with E-state index in [4.69, 9.17) is 14.2 Å². The Balaban J connectivity index is 2.07. The van der Waals surface area contributed by atoms with Gasteiger partial charge < -0.3 is 19.2 Å². The Kier molecular flexibility index (Phi) is 4.28. The van der Waals surface area contributed by atoms with Crippen LogP contribution in [0.2, 0.25) is 0 Å². The number of aromatic amines is 1. The van der Waals surface area contributed by atoms with Crippen molar-refractivity contribution < 1.29 is 19.1 Å². The van der Waals surface area contributed by atoms with Crippen LogP contribution in [0.25, 0.3) is 5.76 Å². The number of methoxy groups -OCH3 is 1. The van der Waals surface area contributed by atoms with E-state index < -0.39 is 10.5 Å². The Labute approximate surface area is 142 Å². The monoisotopic (exact) mass is 344 g/mol. The lowest BCUT2D eigenvalue weighted by Gasteiger charge is -2.33. The summed E-state index contributed by atoms with van der Waals surface area (Å²) in [6.45, 7) is 2.06. The molecule has 0 saturated carbocycles. The summed E-state index contributed by atoms with van der Waals surface area (Å²) in [7, 11) is 1.55. The number of rotatable bonds is 5. The number of nitrogens with one attached hydrogen (secondary N) is 1. The highest BCUT2D eigenvalue weighted by Crippen LogP contribution is 2.39. The van der Waals surface area contributed by atoms with Crippen LogP contribution in [-0.2, 0) is 4.74 Å². The van der Waals surface area contributed by atoms with Crippen LogP contribution in [0.1, 0.15) is 12.5 Å². The minimum Gasteiger partial charge on any atom is -0.480 e. The van der Waals surface area contributed by atoms with Crippen LogP contribution in [0, 0.1) is 10.1 Å². The number of aromatic nitrogens is 1. The normalized spacial score (nSPS) is 18.7. The Bertz CT molecular complexity index is 904. The number of ether oxygens (including phenoxy) is 3. The van der Waals surface area contributed by atoms with Crippen LogP contribution in [0.4, 0.5) is 5.69 Å². The van der Waals surface area contributed by atoms with Gasteiger partial charge in [0.1, 0.15) is 17.3 Å². The van der Waals surface area contributed by atoms with E-state index in [1.807, 2.05) is 6.92 Å². The van der Waals surface area contributed by atoms with Crippen LogP contribution in [-0.4, -0.2) is 29.2 Å². The lowest BCUT2D eigenvalue weighted by Crippen LogP contribution is -2.38. The van der Waals surface area contributed by atoms with Gasteiger partial charge in [-0.3, -0.25) is 14.9 Å². The summed E-state index contributed by atoms with van der Waals surface area (Å²) in [6.07, 6.45) is 3.14. The van der Waals surface area contributed by atoms with Crippen molar-refractivity contribution in [1.82, 2.24) is 4.98 Å². The Hall–Kier alpha value is -3.13. The molecule has 0 aliphatic carbocycles. The zero-order valence-electron chi connectivity index (χ0n) is 13.6. The molecule has 2 aromatic rings. The van der Waals surface area contributed by atoms with Gasteiger partial charge in [-0.1, -0.05) is 0 Å². The van der Waals surface area contributed by atoms with E-state index in [1.54, 1.807) is 19.3 Å². The maximum absolute atomic E-state index is 11.5. The summed E-state index contributed by atoms with van der Waals surface area (Å²) in [6, 6.07) is 7.14. The molecule has 1 unspecified atom stereocenters. The zero-order valence-corrected chi connectivity index (χ0v) is 13.6. The second-order valence-corrected chi connectivity index (χ2v) is 5.78. The molecule has 1 aromatic heterocycles. The number of hydrogen-bond donors (Lipinski definition) is 1. The van der Waals surface area contributed by atoms with E-state index in [-0.39, 0.29) is 17.9 Å². The average molecular weight is 344 g/mol. The molecule has 0 saturated heterocycles. The van der Waals surface area contributed by atoms with E-state index in [1.165, 1.54) is 30.5 Å². The molecule has 25 heavy (non-hydrogen) atoms. The Morgan fingerprint density at radius 1 is 1.32 bits per heavy atom. The first-order valence-electron chi connectivity index (χ1n) is 7.46. The van der Waals surface area contributed by atoms with Gasteiger partial charge in [0.05, 0.1) is 17.1 Å². The van der Waals surface area contributed by atoms with Crippen molar-refractivity contribution in [3.8, 4) is 11.5 Å². The number of nitro groups is 1. The van der Waals surface area contributed by atoms with Crippen molar-refractivity contribution >= 4 is 11.4 Å². The summed E-state index contributed by atoms with van der Waals surface area (Å²) in [4.78, 5) is 24.5. The first-order valence-corrected chi connectivity index (χ1v) is 7.46. The molecule has 0 spiro atoms. The first kappa shape index (κ1) is 16.7. The van der Waals surface area contributed by atoms with Crippen molar-refractivity contribution in [3.05, 3.63) is 68.6 Å². The highest BCUT2D eigenvalue weighted by Gasteiger charge is 2.33. The van der Waals surface area contributed by atoms with Crippen molar-refractivity contribution in [2.24, 2.45) is 0 Å². The van der Waals surface area contributed by atoms with Crippen LogP contribution in [0.3, 0.4) is 0 Å². The number of nitrogens with zero attached hydrogens (tertiary/aromatic N) is 1. The quantitative estimate of drug-likeness (QED) is 0.660. The van der Waals surface area contributed by atoms with Crippen LogP contribution >= 0.6 is 0 Å². The number of benzene rings is 1. The van der Waals surface area contributed by atoms with Gasteiger partial charge in [-0.2, -0.15) is 0 Å². The molecule has 1 aromatic carbocycles. The smallest absolute Gasteiger partial charge is 0.270 e. The predicted molar refractivity (Wildman–Crippen MR) is 89.7 cm³/mol. The SMILES string of the molecule is COCC1(C)C=C(Oc2cc[nH]c(=O)c2)c2cc([N+](=O)[O-])ccc2O1. The number of H-pyrrole nitrogens is 1. The molecule has 0 radical (unpaired) electrons.